The fourth-order valence-corrected chi connectivity index (χ4v) is 3.34. The lowest BCUT2D eigenvalue weighted by atomic mass is 10.2. The number of rotatable bonds is 8. The van der Waals surface area contributed by atoms with Crippen LogP contribution in [-0.2, 0) is 6.61 Å². The van der Waals surface area contributed by atoms with E-state index in [9.17, 15) is 4.79 Å². The van der Waals surface area contributed by atoms with Crippen LogP contribution in [0.25, 0.3) is 0 Å². The molecule has 8 heteroatoms. The molecule has 0 saturated heterocycles. The van der Waals surface area contributed by atoms with Crippen LogP contribution in [0, 0.1) is 0 Å². The molecule has 31 heavy (non-hydrogen) atoms. The van der Waals surface area contributed by atoms with Crippen molar-refractivity contribution >= 4 is 44.0 Å². The molecule has 3 aromatic carbocycles. The molecule has 160 valence electrons. The van der Waals surface area contributed by atoms with Gasteiger partial charge in [0.15, 0.2) is 11.5 Å². The van der Waals surface area contributed by atoms with Crippen LogP contribution in [0.1, 0.15) is 21.5 Å². The molecule has 0 heterocycles. The second-order valence-electron chi connectivity index (χ2n) is 6.37. The van der Waals surface area contributed by atoms with Gasteiger partial charge in [-0.15, -0.1) is 0 Å². The molecule has 3 rings (SSSR count). The van der Waals surface area contributed by atoms with Crippen LogP contribution in [0.2, 0.25) is 0 Å². The van der Waals surface area contributed by atoms with Gasteiger partial charge in [-0.1, -0.05) is 44.0 Å². The summed E-state index contributed by atoms with van der Waals surface area (Å²) in [6, 6.07) is 18.5. The quantitative estimate of drug-likeness (QED) is 0.295. The molecule has 0 aliphatic heterocycles. The molecule has 0 spiro atoms. The zero-order valence-corrected chi connectivity index (χ0v) is 20.1. The van der Waals surface area contributed by atoms with Gasteiger partial charge < -0.3 is 14.2 Å². The lowest BCUT2D eigenvalue weighted by Gasteiger charge is -2.11. The largest absolute Gasteiger partial charge is 0.496 e. The first kappa shape index (κ1) is 22.8. The van der Waals surface area contributed by atoms with Gasteiger partial charge in [0.1, 0.15) is 12.4 Å². The van der Waals surface area contributed by atoms with Crippen LogP contribution in [0.5, 0.6) is 17.2 Å². The van der Waals surface area contributed by atoms with Crippen LogP contribution in [0.3, 0.4) is 0 Å². The van der Waals surface area contributed by atoms with E-state index in [1.165, 1.54) is 13.3 Å². The number of halogens is 2. The number of nitrogens with zero attached hydrogens (tertiary/aromatic N) is 1. The summed E-state index contributed by atoms with van der Waals surface area (Å²) in [5, 5.41) is 4.05. The van der Waals surface area contributed by atoms with E-state index >= 15 is 0 Å². The average molecular weight is 548 g/mol. The number of ether oxygens (including phenoxy) is 3. The van der Waals surface area contributed by atoms with E-state index in [0.717, 1.165) is 20.1 Å². The van der Waals surface area contributed by atoms with Gasteiger partial charge in [0.2, 0.25) is 0 Å². The summed E-state index contributed by atoms with van der Waals surface area (Å²) in [4.78, 5) is 12.4. The van der Waals surface area contributed by atoms with E-state index in [1.807, 2.05) is 30.3 Å². The van der Waals surface area contributed by atoms with E-state index < -0.39 is 0 Å². The topological polar surface area (TPSA) is 69.2 Å². The number of amides is 1. The summed E-state index contributed by atoms with van der Waals surface area (Å²) in [7, 11) is 3.09. The fourth-order valence-electron chi connectivity index (χ4n) is 2.71. The normalized spacial score (nSPS) is 10.7. The maximum Gasteiger partial charge on any atom is 0.275 e. The van der Waals surface area contributed by atoms with Gasteiger partial charge in [-0.25, -0.2) is 5.43 Å². The van der Waals surface area contributed by atoms with Crippen molar-refractivity contribution in [3.63, 3.8) is 0 Å². The summed E-state index contributed by atoms with van der Waals surface area (Å²) >= 11 is 6.77. The molecule has 0 aliphatic carbocycles. The summed E-state index contributed by atoms with van der Waals surface area (Å²) in [5.74, 6) is 1.27. The van der Waals surface area contributed by atoms with E-state index in [-0.39, 0.29) is 5.91 Å². The predicted molar refractivity (Wildman–Crippen MR) is 127 cm³/mol. The molecule has 1 N–H and O–H groups in total. The molecule has 0 fully saturated rings. The van der Waals surface area contributed by atoms with Crippen LogP contribution >= 0.6 is 31.9 Å². The van der Waals surface area contributed by atoms with Crippen LogP contribution in [0.4, 0.5) is 0 Å². The minimum absolute atomic E-state index is 0.377. The molecule has 0 aliphatic rings. The van der Waals surface area contributed by atoms with Crippen molar-refractivity contribution in [2.24, 2.45) is 5.10 Å². The van der Waals surface area contributed by atoms with E-state index in [2.05, 4.69) is 42.4 Å². The number of benzene rings is 3. The fraction of sp³-hybridized carbons (Fsp3) is 0.130. The highest BCUT2D eigenvalue weighted by Gasteiger charge is 2.12. The van der Waals surface area contributed by atoms with E-state index in [4.69, 9.17) is 14.2 Å². The number of nitrogens with one attached hydrogen (secondary N) is 1. The summed E-state index contributed by atoms with van der Waals surface area (Å²) in [6.45, 7) is 0.393. The Bertz CT molecular complexity index is 1090. The Morgan fingerprint density at radius 1 is 0.903 bits per heavy atom. The van der Waals surface area contributed by atoms with Gasteiger partial charge >= 0.3 is 0 Å². The second kappa shape index (κ2) is 11.0. The third-order valence-electron chi connectivity index (χ3n) is 4.28. The highest BCUT2D eigenvalue weighted by Crippen LogP contribution is 2.28. The first-order valence-corrected chi connectivity index (χ1v) is 10.8. The number of hydrazone groups is 1. The molecule has 0 saturated carbocycles. The minimum Gasteiger partial charge on any atom is -0.496 e. The number of carbonyl (C=O) groups excluding carboxylic acids is 1. The average Bonchev–Trinajstić information content (AvgIpc) is 2.78. The van der Waals surface area contributed by atoms with Gasteiger partial charge in [0, 0.05) is 8.95 Å². The zero-order valence-electron chi connectivity index (χ0n) is 16.9. The van der Waals surface area contributed by atoms with Crippen molar-refractivity contribution in [1.29, 1.82) is 0 Å². The van der Waals surface area contributed by atoms with Gasteiger partial charge in [-0.05, 0) is 59.7 Å². The molecule has 0 radical (unpaired) electrons. The Morgan fingerprint density at radius 2 is 1.58 bits per heavy atom. The number of methoxy groups -OCH3 is 2. The zero-order chi connectivity index (χ0) is 22.2. The second-order valence-corrected chi connectivity index (χ2v) is 8.20. The summed E-state index contributed by atoms with van der Waals surface area (Å²) in [6.07, 6.45) is 1.54. The Morgan fingerprint density at radius 3 is 2.29 bits per heavy atom. The summed E-state index contributed by atoms with van der Waals surface area (Å²) < 4.78 is 18.3. The number of carbonyl (C=O) groups is 1. The highest BCUT2D eigenvalue weighted by atomic mass is 79.9. The smallest absolute Gasteiger partial charge is 0.275 e. The van der Waals surface area contributed by atoms with Crippen LogP contribution in [-0.4, -0.2) is 26.3 Å². The van der Waals surface area contributed by atoms with E-state index in [1.54, 1.807) is 37.4 Å². The first-order chi connectivity index (χ1) is 15.0. The van der Waals surface area contributed by atoms with Crippen molar-refractivity contribution in [2.45, 2.75) is 6.61 Å². The predicted octanol–water partition coefficient (Wildman–Crippen LogP) is 5.57. The molecule has 0 bridgehead atoms. The molecule has 3 aromatic rings. The first-order valence-electron chi connectivity index (χ1n) is 9.22. The lowest BCUT2D eigenvalue weighted by molar-refractivity contribution is 0.0952. The van der Waals surface area contributed by atoms with Crippen molar-refractivity contribution in [3.05, 3.63) is 86.3 Å². The van der Waals surface area contributed by atoms with Gasteiger partial charge in [-0.3, -0.25) is 4.79 Å². The van der Waals surface area contributed by atoms with Crippen molar-refractivity contribution in [3.8, 4) is 17.2 Å². The Balaban J connectivity index is 1.69. The lowest BCUT2D eigenvalue weighted by Crippen LogP contribution is -2.18. The van der Waals surface area contributed by atoms with E-state index in [0.29, 0.717) is 29.4 Å². The standard InChI is InChI=1S/C23H20Br2N2O4/c1-29-20-10-8-18(25)12-19(20)23(28)27-26-13-16-5-9-21(30-2)22(11-16)31-14-15-3-6-17(24)7-4-15/h3-13H,14H2,1-2H3,(H,27,28)/b26-13-. The third-order valence-corrected chi connectivity index (χ3v) is 5.30. The third kappa shape index (κ3) is 6.32. The Kier molecular flexibility index (Phi) is 8.08. The maximum absolute atomic E-state index is 12.4. The van der Waals surface area contributed by atoms with Crippen LogP contribution in [0.15, 0.2) is 74.7 Å². The van der Waals surface area contributed by atoms with Gasteiger partial charge in [-0.2, -0.15) is 5.10 Å². The number of hydrogen-bond acceptors (Lipinski definition) is 5. The Hall–Kier alpha value is -2.84. The summed E-state index contributed by atoms with van der Waals surface area (Å²) in [5.41, 5.74) is 4.66. The minimum atomic E-state index is -0.380. The van der Waals surface area contributed by atoms with Crippen molar-refractivity contribution in [2.75, 3.05) is 14.2 Å². The Labute approximate surface area is 197 Å². The molecule has 6 nitrogen and oxygen atoms in total. The van der Waals surface area contributed by atoms with Gasteiger partial charge in [0.05, 0.1) is 26.0 Å². The van der Waals surface area contributed by atoms with Crippen molar-refractivity contribution < 1.29 is 19.0 Å². The highest BCUT2D eigenvalue weighted by molar-refractivity contribution is 9.10. The van der Waals surface area contributed by atoms with Crippen LogP contribution < -0.4 is 19.6 Å². The number of hydrogen-bond donors (Lipinski definition) is 1. The molecule has 0 atom stereocenters. The maximum atomic E-state index is 12.4. The van der Waals surface area contributed by atoms with Gasteiger partial charge in [0.25, 0.3) is 5.91 Å². The molecular formula is C23H20Br2N2O4. The molecule has 0 unspecified atom stereocenters. The molecule has 0 aromatic heterocycles. The molecular weight excluding hydrogens is 528 g/mol. The molecule has 1 amide bonds. The monoisotopic (exact) mass is 546 g/mol. The SMILES string of the molecule is COc1ccc(/C=N\NC(=O)c2cc(Br)ccc2OC)cc1OCc1ccc(Br)cc1. The van der Waals surface area contributed by atoms with Crippen molar-refractivity contribution in [1.82, 2.24) is 5.43 Å².